The Morgan fingerprint density at radius 2 is 1.78 bits per heavy atom. The number of hydrogen-bond acceptors (Lipinski definition) is 5. The summed E-state index contributed by atoms with van der Waals surface area (Å²) >= 11 is 0. The smallest absolute Gasteiger partial charge is 0.228 e. The Kier molecular flexibility index (Phi) is 4.41. The monoisotopic (exact) mass is 364 g/mol. The van der Waals surface area contributed by atoms with E-state index in [1.807, 2.05) is 6.92 Å². The van der Waals surface area contributed by atoms with Crippen LogP contribution in [0.3, 0.4) is 0 Å². The van der Waals surface area contributed by atoms with Crippen LogP contribution in [0.25, 0.3) is 22.4 Å². The van der Waals surface area contributed by atoms with Crippen LogP contribution in [-0.2, 0) is 0 Å². The Labute approximate surface area is 160 Å². The third-order valence-corrected chi connectivity index (χ3v) is 5.59. The van der Waals surface area contributed by atoms with Gasteiger partial charge in [-0.25, -0.2) is 9.97 Å². The molecule has 0 bridgehead atoms. The van der Waals surface area contributed by atoms with Crippen LogP contribution in [0.4, 0.5) is 5.82 Å². The first-order valence-corrected chi connectivity index (χ1v) is 9.93. The molecule has 5 nitrogen and oxygen atoms in total. The van der Waals surface area contributed by atoms with Gasteiger partial charge in [-0.15, -0.1) is 0 Å². The minimum absolute atomic E-state index is 0.173. The summed E-state index contributed by atoms with van der Waals surface area (Å²) in [5, 5.41) is 8.08. The highest BCUT2D eigenvalue weighted by Crippen LogP contribution is 2.44. The second kappa shape index (κ2) is 6.63. The van der Waals surface area contributed by atoms with Crippen molar-refractivity contribution < 1.29 is 4.52 Å². The van der Waals surface area contributed by atoms with Gasteiger partial charge >= 0.3 is 0 Å². The first-order chi connectivity index (χ1) is 12.9. The van der Waals surface area contributed by atoms with Crippen LogP contribution in [0.2, 0.25) is 0 Å². The van der Waals surface area contributed by atoms with Gasteiger partial charge in [-0.3, -0.25) is 0 Å². The molecule has 1 aliphatic rings. The molecule has 142 valence electrons. The Morgan fingerprint density at radius 1 is 1.07 bits per heavy atom. The lowest BCUT2D eigenvalue weighted by Crippen LogP contribution is -2.22. The van der Waals surface area contributed by atoms with E-state index in [1.165, 1.54) is 48.8 Å². The highest BCUT2D eigenvalue weighted by atomic mass is 16.5. The number of anilines is 1. The molecule has 0 amide bonds. The molecular formula is C22H28N4O. The second-order valence-electron chi connectivity index (χ2n) is 8.11. The Morgan fingerprint density at radius 3 is 2.41 bits per heavy atom. The first-order valence-electron chi connectivity index (χ1n) is 9.93. The predicted molar refractivity (Wildman–Crippen MR) is 109 cm³/mol. The van der Waals surface area contributed by atoms with Gasteiger partial charge < -0.3 is 9.84 Å². The molecule has 0 atom stereocenters. The van der Waals surface area contributed by atoms with Gasteiger partial charge in [0.05, 0.1) is 0 Å². The number of fused-ring (bicyclic) bond motifs is 1. The lowest BCUT2D eigenvalue weighted by atomic mass is 9.97. The number of nitrogens with zero attached hydrogens (tertiary/aromatic N) is 3. The maximum absolute atomic E-state index is 5.77. The lowest BCUT2D eigenvalue weighted by Gasteiger charge is -2.17. The van der Waals surface area contributed by atoms with Crippen LogP contribution < -0.4 is 5.32 Å². The molecule has 1 saturated carbocycles. The zero-order valence-corrected chi connectivity index (χ0v) is 16.9. The molecule has 27 heavy (non-hydrogen) atoms. The molecule has 0 saturated heterocycles. The highest BCUT2D eigenvalue weighted by molar-refractivity contribution is 5.95. The number of hydrogen-bond donors (Lipinski definition) is 1. The Bertz CT molecular complexity index is 978. The SMILES string of the molecule is CCCCC1(Nc2nc(C)nc3c(-c4c(C)cc(C)cc4C)noc23)CC1. The standard InChI is InChI=1S/C22H28N4O/c1-6-7-8-22(9-10-22)25-21-20-19(23-16(5)24-21)18(26-27-20)17-14(3)11-13(2)12-15(17)4/h11-12H,6-10H2,1-5H3,(H,23,24,25). The van der Waals surface area contributed by atoms with Crippen LogP contribution in [0.15, 0.2) is 16.7 Å². The van der Waals surface area contributed by atoms with Crippen molar-refractivity contribution in [2.45, 2.75) is 72.3 Å². The third kappa shape index (κ3) is 3.31. The van der Waals surface area contributed by atoms with Gasteiger partial charge in [0.2, 0.25) is 5.58 Å². The van der Waals surface area contributed by atoms with Crippen LogP contribution in [0.1, 0.15) is 61.5 Å². The molecule has 1 N–H and O–H groups in total. The number of unbranched alkanes of at least 4 members (excludes halogenated alkanes) is 1. The fourth-order valence-electron chi connectivity index (χ4n) is 4.10. The number of aromatic nitrogens is 3. The van der Waals surface area contributed by atoms with E-state index >= 15 is 0 Å². The van der Waals surface area contributed by atoms with Crippen molar-refractivity contribution in [2.75, 3.05) is 5.32 Å². The quantitative estimate of drug-likeness (QED) is 0.612. The maximum atomic E-state index is 5.77. The summed E-state index contributed by atoms with van der Waals surface area (Å²) < 4.78 is 5.77. The summed E-state index contributed by atoms with van der Waals surface area (Å²) in [5.74, 6) is 1.52. The van der Waals surface area contributed by atoms with E-state index < -0.39 is 0 Å². The van der Waals surface area contributed by atoms with E-state index in [0.717, 1.165) is 28.4 Å². The van der Waals surface area contributed by atoms with Crippen LogP contribution >= 0.6 is 0 Å². The van der Waals surface area contributed by atoms with E-state index in [9.17, 15) is 0 Å². The van der Waals surface area contributed by atoms with E-state index in [-0.39, 0.29) is 5.54 Å². The molecule has 0 spiro atoms. The van der Waals surface area contributed by atoms with Crippen LogP contribution in [0.5, 0.6) is 0 Å². The number of rotatable bonds is 6. The van der Waals surface area contributed by atoms with Gasteiger partial charge in [0.25, 0.3) is 0 Å². The van der Waals surface area contributed by atoms with Crippen LogP contribution in [-0.4, -0.2) is 20.7 Å². The average Bonchev–Trinajstić information content (AvgIpc) is 3.24. The van der Waals surface area contributed by atoms with Crippen molar-refractivity contribution in [2.24, 2.45) is 0 Å². The summed E-state index contributed by atoms with van der Waals surface area (Å²) in [6.07, 6.45) is 5.98. The van der Waals surface area contributed by atoms with E-state index in [1.54, 1.807) is 0 Å². The van der Waals surface area contributed by atoms with Crippen molar-refractivity contribution in [1.82, 2.24) is 15.1 Å². The summed E-state index contributed by atoms with van der Waals surface area (Å²) in [4.78, 5) is 9.33. The van der Waals surface area contributed by atoms with Gasteiger partial charge in [-0.05, 0) is 58.1 Å². The molecule has 1 aliphatic carbocycles. The molecule has 2 heterocycles. The number of aryl methyl sites for hydroxylation is 4. The molecule has 1 fully saturated rings. The summed E-state index contributed by atoms with van der Waals surface area (Å²) in [6.45, 7) is 10.5. The van der Waals surface area contributed by atoms with E-state index in [0.29, 0.717) is 5.58 Å². The maximum Gasteiger partial charge on any atom is 0.228 e. The van der Waals surface area contributed by atoms with Gasteiger partial charge in [0, 0.05) is 11.1 Å². The fourth-order valence-corrected chi connectivity index (χ4v) is 4.10. The zero-order valence-electron chi connectivity index (χ0n) is 16.9. The fraction of sp³-hybridized carbons (Fsp3) is 0.500. The van der Waals surface area contributed by atoms with E-state index in [2.05, 4.69) is 60.3 Å². The summed E-state index contributed by atoms with van der Waals surface area (Å²) in [5.41, 5.74) is 7.19. The highest BCUT2D eigenvalue weighted by Gasteiger charge is 2.42. The van der Waals surface area contributed by atoms with Crippen molar-refractivity contribution in [3.05, 3.63) is 34.6 Å². The lowest BCUT2D eigenvalue weighted by molar-refractivity contribution is 0.458. The number of nitrogens with one attached hydrogen (secondary N) is 1. The zero-order chi connectivity index (χ0) is 19.2. The minimum atomic E-state index is 0.173. The average molecular weight is 364 g/mol. The summed E-state index contributed by atoms with van der Waals surface area (Å²) in [6, 6.07) is 4.36. The summed E-state index contributed by atoms with van der Waals surface area (Å²) in [7, 11) is 0. The Balaban J connectivity index is 1.80. The largest absolute Gasteiger partial charge is 0.361 e. The molecule has 0 aliphatic heterocycles. The molecule has 5 heteroatoms. The number of benzene rings is 1. The van der Waals surface area contributed by atoms with Gasteiger partial charge in [0.1, 0.15) is 17.0 Å². The molecule has 4 rings (SSSR count). The Hall–Kier alpha value is -2.43. The second-order valence-corrected chi connectivity index (χ2v) is 8.11. The first kappa shape index (κ1) is 18.0. The van der Waals surface area contributed by atoms with Gasteiger partial charge in [0.15, 0.2) is 5.82 Å². The molecular weight excluding hydrogens is 336 g/mol. The van der Waals surface area contributed by atoms with Gasteiger partial charge in [-0.1, -0.05) is 42.6 Å². The molecule has 0 radical (unpaired) electrons. The van der Waals surface area contributed by atoms with Crippen molar-refractivity contribution in [1.29, 1.82) is 0 Å². The van der Waals surface area contributed by atoms with Crippen molar-refractivity contribution in [3.63, 3.8) is 0 Å². The molecule has 3 aromatic rings. The van der Waals surface area contributed by atoms with Gasteiger partial charge in [-0.2, -0.15) is 0 Å². The minimum Gasteiger partial charge on any atom is -0.361 e. The third-order valence-electron chi connectivity index (χ3n) is 5.59. The topological polar surface area (TPSA) is 63.8 Å². The van der Waals surface area contributed by atoms with Crippen molar-refractivity contribution >= 4 is 16.9 Å². The molecule has 1 aromatic carbocycles. The predicted octanol–water partition coefficient (Wildman–Crippen LogP) is 5.65. The van der Waals surface area contributed by atoms with Crippen LogP contribution in [0, 0.1) is 27.7 Å². The normalized spacial score (nSPS) is 15.3. The van der Waals surface area contributed by atoms with E-state index in [4.69, 9.17) is 4.52 Å². The van der Waals surface area contributed by atoms with Crippen molar-refractivity contribution in [3.8, 4) is 11.3 Å². The molecule has 0 unspecified atom stereocenters. The molecule has 2 aromatic heterocycles.